The number of aromatic nitrogens is 2. The minimum Gasteiger partial charge on any atom is -0.481 e. The van der Waals surface area contributed by atoms with Crippen molar-refractivity contribution >= 4 is 5.97 Å². The molecule has 2 N–H and O–H groups in total. The van der Waals surface area contributed by atoms with Gasteiger partial charge in [0.25, 0.3) is 5.89 Å². The zero-order valence-corrected chi connectivity index (χ0v) is 21.2. The van der Waals surface area contributed by atoms with Crippen LogP contribution in [0.25, 0.3) is 34.0 Å². The van der Waals surface area contributed by atoms with Crippen molar-refractivity contribution in [2.75, 3.05) is 0 Å². The number of carboxylic acids is 1. The van der Waals surface area contributed by atoms with E-state index in [0.29, 0.717) is 11.7 Å². The number of rotatable bonds is 6. The molecular formula is C31H31N3O3. The van der Waals surface area contributed by atoms with Crippen molar-refractivity contribution in [3.05, 3.63) is 82.9 Å². The average Bonchev–Trinajstić information content (AvgIpc) is 3.36. The molecule has 188 valence electrons. The molecule has 4 aromatic rings. The van der Waals surface area contributed by atoms with Gasteiger partial charge in [0.05, 0.1) is 5.92 Å². The van der Waals surface area contributed by atoms with Crippen LogP contribution in [0.4, 0.5) is 0 Å². The van der Waals surface area contributed by atoms with Crippen LogP contribution in [-0.2, 0) is 11.2 Å². The van der Waals surface area contributed by atoms with Crippen LogP contribution in [-0.4, -0.2) is 27.3 Å². The number of carbonyl (C=O) groups is 1. The van der Waals surface area contributed by atoms with Crippen LogP contribution in [0, 0.1) is 19.8 Å². The quantitative estimate of drug-likeness (QED) is 0.318. The summed E-state index contributed by atoms with van der Waals surface area (Å²) >= 11 is 0. The lowest BCUT2D eigenvalue weighted by atomic mass is 9.78. The Bertz CT molecular complexity index is 1430. The van der Waals surface area contributed by atoms with Crippen molar-refractivity contribution in [1.82, 2.24) is 15.5 Å². The third kappa shape index (κ3) is 4.58. The Morgan fingerprint density at radius 3 is 2.46 bits per heavy atom. The standard InChI is InChI=1S/C31H31N3O3/c1-18-13-23(14-19(2)28(18)20-7-4-3-5-8-20)30-33-29(34-37-30)22-11-12-26-21(15-22)9-6-10-27(26)32-25-16-24(17-25)31(35)36/h3-5,7-8,11-15,24-25,27,32H,6,9-10,16-17H2,1-2H3,(H,35,36)/t24-,25-,27?. The van der Waals surface area contributed by atoms with Crippen LogP contribution >= 0.6 is 0 Å². The maximum Gasteiger partial charge on any atom is 0.306 e. The highest BCUT2D eigenvalue weighted by atomic mass is 16.5. The molecule has 1 saturated carbocycles. The van der Waals surface area contributed by atoms with Gasteiger partial charge in [-0.3, -0.25) is 4.79 Å². The molecule has 37 heavy (non-hydrogen) atoms. The number of nitrogens with one attached hydrogen (secondary N) is 1. The van der Waals surface area contributed by atoms with E-state index < -0.39 is 5.97 Å². The first kappa shape index (κ1) is 23.6. The highest BCUT2D eigenvalue weighted by Gasteiger charge is 2.36. The van der Waals surface area contributed by atoms with E-state index in [4.69, 9.17) is 14.6 Å². The number of aliphatic carboxylic acids is 1. The van der Waals surface area contributed by atoms with Gasteiger partial charge in [-0.05, 0) is 97.5 Å². The van der Waals surface area contributed by atoms with Crippen LogP contribution < -0.4 is 5.32 Å². The number of fused-ring (bicyclic) bond motifs is 1. The summed E-state index contributed by atoms with van der Waals surface area (Å²) in [6.07, 6.45) is 4.64. The summed E-state index contributed by atoms with van der Waals surface area (Å²) in [6.45, 7) is 4.24. The van der Waals surface area contributed by atoms with Crippen LogP contribution in [0.5, 0.6) is 0 Å². The number of hydrogen-bond acceptors (Lipinski definition) is 5. The second-order valence-corrected chi connectivity index (χ2v) is 10.5. The second kappa shape index (κ2) is 9.60. The molecule has 0 radical (unpaired) electrons. The lowest BCUT2D eigenvalue weighted by molar-refractivity contribution is -0.145. The molecule has 0 aliphatic heterocycles. The molecule has 6 heteroatoms. The molecule has 1 heterocycles. The van der Waals surface area contributed by atoms with Gasteiger partial charge in [0.1, 0.15) is 0 Å². The van der Waals surface area contributed by atoms with Gasteiger partial charge in [-0.1, -0.05) is 47.6 Å². The molecule has 0 amide bonds. The minimum absolute atomic E-state index is 0.197. The first-order valence-corrected chi connectivity index (χ1v) is 13.1. The third-order valence-corrected chi connectivity index (χ3v) is 7.91. The molecule has 3 aromatic carbocycles. The smallest absolute Gasteiger partial charge is 0.306 e. The SMILES string of the molecule is Cc1cc(-c2nc(-c3ccc4c(c3)CCCC4N[C@H]3C[C@H](C(=O)O)C3)no2)cc(C)c1-c1ccccc1. The van der Waals surface area contributed by atoms with Crippen molar-refractivity contribution in [3.8, 4) is 34.0 Å². The fourth-order valence-electron chi connectivity index (χ4n) is 5.97. The Kier molecular flexibility index (Phi) is 6.13. The molecule has 1 atom stereocenters. The van der Waals surface area contributed by atoms with Crippen LogP contribution in [0.1, 0.15) is 54.0 Å². The van der Waals surface area contributed by atoms with E-state index in [1.165, 1.54) is 33.4 Å². The summed E-state index contributed by atoms with van der Waals surface area (Å²) in [5, 5.41) is 17.2. The van der Waals surface area contributed by atoms with Gasteiger partial charge in [-0.25, -0.2) is 0 Å². The lowest BCUT2D eigenvalue weighted by Gasteiger charge is -2.38. The molecule has 0 bridgehead atoms. The maximum absolute atomic E-state index is 11.1. The predicted molar refractivity (Wildman–Crippen MR) is 143 cm³/mol. The fraction of sp³-hybridized carbons (Fsp3) is 0.323. The summed E-state index contributed by atoms with van der Waals surface area (Å²) in [4.78, 5) is 15.9. The first-order valence-electron chi connectivity index (χ1n) is 13.1. The zero-order valence-electron chi connectivity index (χ0n) is 21.2. The molecule has 2 aliphatic carbocycles. The van der Waals surface area contributed by atoms with E-state index in [2.05, 4.69) is 78.9 Å². The zero-order chi connectivity index (χ0) is 25.5. The van der Waals surface area contributed by atoms with Crippen molar-refractivity contribution in [2.45, 2.75) is 58.0 Å². The summed E-state index contributed by atoms with van der Waals surface area (Å²) in [5.41, 5.74) is 9.29. The Hall–Kier alpha value is -3.77. The van der Waals surface area contributed by atoms with Crippen LogP contribution in [0.3, 0.4) is 0 Å². The van der Waals surface area contributed by atoms with Gasteiger partial charge in [-0.2, -0.15) is 4.98 Å². The number of aryl methyl sites for hydroxylation is 3. The van der Waals surface area contributed by atoms with Gasteiger partial charge < -0.3 is 14.9 Å². The van der Waals surface area contributed by atoms with E-state index in [9.17, 15) is 4.79 Å². The Balaban J connectivity index is 1.22. The largest absolute Gasteiger partial charge is 0.481 e. The van der Waals surface area contributed by atoms with E-state index in [0.717, 1.165) is 43.2 Å². The van der Waals surface area contributed by atoms with Crippen LogP contribution in [0.15, 0.2) is 65.2 Å². The van der Waals surface area contributed by atoms with Crippen molar-refractivity contribution in [3.63, 3.8) is 0 Å². The molecule has 1 fully saturated rings. The van der Waals surface area contributed by atoms with Crippen LogP contribution in [0.2, 0.25) is 0 Å². The first-order chi connectivity index (χ1) is 18.0. The average molecular weight is 494 g/mol. The van der Waals surface area contributed by atoms with E-state index in [-0.39, 0.29) is 18.0 Å². The number of benzene rings is 3. The monoisotopic (exact) mass is 493 g/mol. The number of nitrogens with zero attached hydrogens (tertiary/aromatic N) is 2. The van der Waals surface area contributed by atoms with Gasteiger partial charge in [-0.15, -0.1) is 0 Å². The van der Waals surface area contributed by atoms with Crippen molar-refractivity contribution in [2.24, 2.45) is 5.92 Å². The van der Waals surface area contributed by atoms with E-state index in [1.54, 1.807) is 0 Å². The summed E-state index contributed by atoms with van der Waals surface area (Å²) in [7, 11) is 0. The molecule has 1 unspecified atom stereocenters. The van der Waals surface area contributed by atoms with Gasteiger partial charge in [0.2, 0.25) is 5.82 Å². The Morgan fingerprint density at radius 2 is 1.73 bits per heavy atom. The van der Waals surface area contributed by atoms with E-state index in [1.807, 2.05) is 6.07 Å². The highest BCUT2D eigenvalue weighted by Crippen LogP contribution is 2.37. The summed E-state index contributed by atoms with van der Waals surface area (Å²) < 4.78 is 5.71. The third-order valence-electron chi connectivity index (χ3n) is 7.91. The minimum atomic E-state index is -0.677. The molecular weight excluding hydrogens is 462 g/mol. The van der Waals surface area contributed by atoms with Crippen molar-refractivity contribution < 1.29 is 14.4 Å². The maximum atomic E-state index is 11.1. The molecule has 1 aromatic heterocycles. The summed E-state index contributed by atoms with van der Waals surface area (Å²) in [6, 6.07) is 21.6. The van der Waals surface area contributed by atoms with Crippen molar-refractivity contribution in [1.29, 1.82) is 0 Å². The highest BCUT2D eigenvalue weighted by molar-refractivity contribution is 5.75. The lowest BCUT2D eigenvalue weighted by Crippen LogP contribution is -2.46. The topological polar surface area (TPSA) is 88.2 Å². The molecule has 6 nitrogen and oxygen atoms in total. The molecule has 2 aliphatic rings. The Morgan fingerprint density at radius 1 is 0.973 bits per heavy atom. The second-order valence-electron chi connectivity index (χ2n) is 10.5. The van der Waals surface area contributed by atoms with Gasteiger partial charge in [0, 0.05) is 23.2 Å². The fourth-order valence-corrected chi connectivity index (χ4v) is 5.97. The normalized spacial score (nSPS) is 20.8. The Labute approximate surface area is 216 Å². The number of carboxylic acid groups (broad SMARTS) is 1. The molecule has 0 saturated heterocycles. The van der Waals surface area contributed by atoms with Gasteiger partial charge in [0.15, 0.2) is 0 Å². The van der Waals surface area contributed by atoms with E-state index >= 15 is 0 Å². The molecule has 6 rings (SSSR count). The van der Waals surface area contributed by atoms with Gasteiger partial charge >= 0.3 is 5.97 Å². The number of hydrogen-bond donors (Lipinski definition) is 2. The summed E-state index contributed by atoms with van der Waals surface area (Å²) in [5.74, 6) is 0.246. The predicted octanol–water partition coefficient (Wildman–Crippen LogP) is 6.52. The molecule has 0 spiro atoms.